The van der Waals surface area contributed by atoms with Gasteiger partial charge in [-0.1, -0.05) is 12.1 Å². The summed E-state index contributed by atoms with van der Waals surface area (Å²) in [7, 11) is -2.22. The Balaban J connectivity index is 1.55. The van der Waals surface area contributed by atoms with Gasteiger partial charge in [-0.25, -0.2) is 18.1 Å². The predicted octanol–water partition coefficient (Wildman–Crippen LogP) is 4.97. The van der Waals surface area contributed by atoms with E-state index in [9.17, 15) is 21.6 Å². The summed E-state index contributed by atoms with van der Waals surface area (Å²) in [6, 6.07) is 10.1. The topological polar surface area (TPSA) is 90.0 Å². The molecule has 0 amide bonds. The van der Waals surface area contributed by atoms with Crippen molar-refractivity contribution in [2.75, 3.05) is 4.72 Å². The molecule has 1 unspecified atom stereocenters. The van der Waals surface area contributed by atoms with Crippen LogP contribution in [0.3, 0.4) is 0 Å². The first-order valence-electron chi connectivity index (χ1n) is 10.4. The van der Waals surface area contributed by atoms with Crippen molar-refractivity contribution in [3.8, 4) is 11.3 Å². The molecule has 1 aliphatic carbocycles. The lowest BCUT2D eigenvalue weighted by Gasteiger charge is -2.19. The minimum Gasteiger partial charge on any atom is -0.432 e. The van der Waals surface area contributed by atoms with Crippen molar-refractivity contribution in [3.05, 3.63) is 83.4 Å². The SMILES string of the molecule is Cn1nccc1-c1cc(C(F)(F)F)ccc1C1CCc2cc(S(=O)(=O)Nc3ncco3)ccc21. The van der Waals surface area contributed by atoms with Gasteiger partial charge in [0, 0.05) is 24.7 Å². The van der Waals surface area contributed by atoms with E-state index in [4.69, 9.17) is 4.42 Å². The van der Waals surface area contributed by atoms with E-state index in [1.165, 1.54) is 24.6 Å². The maximum Gasteiger partial charge on any atom is 0.416 e. The van der Waals surface area contributed by atoms with Crippen LogP contribution in [0.2, 0.25) is 0 Å². The monoisotopic (exact) mass is 488 g/mol. The first kappa shape index (κ1) is 22.2. The van der Waals surface area contributed by atoms with Gasteiger partial charge in [0.15, 0.2) is 0 Å². The van der Waals surface area contributed by atoms with E-state index >= 15 is 0 Å². The maximum absolute atomic E-state index is 13.5. The Kier molecular flexibility index (Phi) is 5.23. The minimum atomic E-state index is -4.47. The second kappa shape index (κ2) is 8.01. The molecule has 4 aromatic rings. The molecule has 0 bridgehead atoms. The highest BCUT2D eigenvalue weighted by atomic mass is 32.2. The van der Waals surface area contributed by atoms with Gasteiger partial charge >= 0.3 is 12.2 Å². The number of rotatable bonds is 5. The second-order valence-electron chi connectivity index (χ2n) is 8.03. The summed E-state index contributed by atoms with van der Waals surface area (Å²) < 4.78 is 74.5. The van der Waals surface area contributed by atoms with Crippen LogP contribution in [0.5, 0.6) is 0 Å². The van der Waals surface area contributed by atoms with Gasteiger partial charge in [0.25, 0.3) is 10.0 Å². The molecule has 2 heterocycles. The van der Waals surface area contributed by atoms with Crippen LogP contribution in [0.25, 0.3) is 11.3 Å². The average Bonchev–Trinajstić information content (AvgIpc) is 3.53. The number of aryl methyl sites for hydroxylation is 2. The normalized spacial score (nSPS) is 15.9. The van der Waals surface area contributed by atoms with Crippen LogP contribution in [-0.4, -0.2) is 23.2 Å². The van der Waals surface area contributed by atoms with E-state index in [1.807, 2.05) is 0 Å². The maximum atomic E-state index is 13.5. The van der Waals surface area contributed by atoms with Gasteiger partial charge in [0.1, 0.15) is 6.26 Å². The van der Waals surface area contributed by atoms with E-state index in [0.717, 1.165) is 28.8 Å². The molecule has 7 nitrogen and oxygen atoms in total. The van der Waals surface area contributed by atoms with Crippen LogP contribution in [0, 0.1) is 0 Å². The Bertz CT molecular complexity index is 1460. The van der Waals surface area contributed by atoms with E-state index in [2.05, 4.69) is 14.8 Å². The molecule has 0 saturated carbocycles. The molecular weight excluding hydrogens is 469 g/mol. The molecule has 2 aromatic heterocycles. The van der Waals surface area contributed by atoms with Crippen molar-refractivity contribution in [3.63, 3.8) is 0 Å². The van der Waals surface area contributed by atoms with E-state index in [-0.39, 0.29) is 16.8 Å². The van der Waals surface area contributed by atoms with Crippen LogP contribution in [0.4, 0.5) is 19.2 Å². The zero-order chi connectivity index (χ0) is 24.1. The van der Waals surface area contributed by atoms with Gasteiger partial charge in [0.05, 0.1) is 22.3 Å². The summed E-state index contributed by atoms with van der Waals surface area (Å²) >= 11 is 0. The van der Waals surface area contributed by atoms with Gasteiger partial charge in [-0.05, 0) is 59.9 Å². The number of anilines is 1. The highest BCUT2D eigenvalue weighted by molar-refractivity contribution is 7.92. The molecule has 5 rings (SSSR count). The van der Waals surface area contributed by atoms with Crippen LogP contribution in [0.1, 0.15) is 34.6 Å². The Hall–Kier alpha value is -3.60. The Labute approximate surface area is 193 Å². The summed E-state index contributed by atoms with van der Waals surface area (Å²) in [5.74, 6) is -0.182. The van der Waals surface area contributed by atoms with E-state index in [0.29, 0.717) is 24.1 Å². The largest absolute Gasteiger partial charge is 0.432 e. The molecule has 0 spiro atoms. The molecule has 2 aromatic carbocycles. The fourth-order valence-electron chi connectivity index (χ4n) is 4.43. The smallest absolute Gasteiger partial charge is 0.416 e. The van der Waals surface area contributed by atoms with Crippen molar-refractivity contribution in [1.29, 1.82) is 0 Å². The van der Waals surface area contributed by atoms with Gasteiger partial charge in [-0.15, -0.1) is 0 Å². The minimum absolute atomic E-state index is 0.0596. The highest BCUT2D eigenvalue weighted by Gasteiger charge is 2.34. The van der Waals surface area contributed by atoms with Crippen molar-refractivity contribution in [2.24, 2.45) is 7.05 Å². The summed E-state index contributed by atoms with van der Waals surface area (Å²) in [5, 5.41) is 4.12. The Morgan fingerprint density at radius 1 is 1.09 bits per heavy atom. The first-order chi connectivity index (χ1) is 16.1. The van der Waals surface area contributed by atoms with Gasteiger partial charge in [0.2, 0.25) is 0 Å². The van der Waals surface area contributed by atoms with Crippen LogP contribution < -0.4 is 4.72 Å². The number of hydrogen-bond acceptors (Lipinski definition) is 5. The molecule has 1 N–H and O–H groups in total. The molecule has 0 aliphatic heterocycles. The van der Waals surface area contributed by atoms with E-state index < -0.39 is 21.8 Å². The second-order valence-corrected chi connectivity index (χ2v) is 9.72. The highest BCUT2D eigenvalue weighted by Crippen LogP contribution is 2.44. The predicted molar refractivity (Wildman–Crippen MR) is 118 cm³/mol. The van der Waals surface area contributed by atoms with Crippen molar-refractivity contribution in [1.82, 2.24) is 14.8 Å². The zero-order valence-corrected chi connectivity index (χ0v) is 18.7. The van der Waals surface area contributed by atoms with E-state index in [1.54, 1.807) is 36.1 Å². The molecule has 0 saturated heterocycles. The lowest BCUT2D eigenvalue weighted by Crippen LogP contribution is -2.13. The third-order valence-electron chi connectivity index (χ3n) is 6.01. The molecule has 1 aliphatic rings. The number of nitrogens with one attached hydrogen (secondary N) is 1. The number of alkyl halides is 3. The van der Waals surface area contributed by atoms with Gasteiger partial charge in [-0.3, -0.25) is 4.68 Å². The zero-order valence-electron chi connectivity index (χ0n) is 17.9. The molecule has 1 atom stereocenters. The number of fused-ring (bicyclic) bond motifs is 1. The number of aromatic nitrogens is 3. The molecule has 11 heteroatoms. The van der Waals surface area contributed by atoms with Gasteiger partial charge < -0.3 is 4.42 Å². The quantitative estimate of drug-likeness (QED) is 0.428. The number of nitrogens with zero attached hydrogens (tertiary/aromatic N) is 3. The lowest BCUT2D eigenvalue weighted by atomic mass is 9.87. The molecular formula is C23H19F3N4O3S. The third-order valence-corrected chi connectivity index (χ3v) is 7.33. The Morgan fingerprint density at radius 3 is 2.56 bits per heavy atom. The number of halogens is 3. The number of hydrogen-bond donors (Lipinski definition) is 1. The molecule has 0 radical (unpaired) electrons. The fraction of sp³-hybridized carbons (Fsp3) is 0.217. The van der Waals surface area contributed by atoms with Crippen molar-refractivity contribution in [2.45, 2.75) is 29.8 Å². The average molecular weight is 488 g/mol. The molecule has 176 valence electrons. The molecule has 34 heavy (non-hydrogen) atoms. The van der Waals surface area contributed by atoms with Crippen LogP contribution in [-0.2, 0) is 29.7 Å². The summed E-state index contributed by atoms with van der Waals surface area (Å²) in [6.45, 7) is 0. The van der Waals surface area contributed by atoms with Crippen LogP contribution in [0.15, 0.2) is 70.4 Å². The van der Waals surface area contributed by atoms with Crippen molar-refractivity contribution >= 4 is 16.0 Å². The number of sulfonamides is 1. The number of benzene rings is 2. The summed E-state index contributed by atoms with van der Waals surface area (Å²) in [4.78, 5) is 3.83. The van der Waals surface area contributed by atoms with Crippen LogP contribution >= 0.6 is 0 Å². The fourth-order valence-corrected chi connectivity index (χ4v) is 5.42. The molecule has 0 fully saturated rings. The Morgan fingerprint density at radius 2 is 1.88 bits per heavy atom. The number of oxazole rings is 1. The summed E-state index contributed by atoms with van der Waals surface area (Å²) in [5.41, 5.74) is 2.75. The lowest BCUT2D eigenvalue weighted by molar-refractivity contribution is -0.137. The standard InChI is InChI=1S/C23H19F3N4O3S/c1-30-21(8-9-28-30)20-13-15(23(24,25)26)3-6-19(20)18-5-2-14-12-16(4-7-17(14)18)34(31,32)29-22-27-10-11-33-22/h3-4,6-13,18H,2,5H2,1H3,(H,27,29). The van der Waals surface area contributed by atoms with Gasteiger partial charge in [-0.2, -0.15) is 18.3 Å². The van der Waals surface area contributed by atoms with Crippen molar-refractivity contribution < 1.29 is 26.0 Å². The first-order valence-corrected chi connectivity index (χ1v) is 11.9. The summed E-state index contributed by atoms with van der Waals surface area (Å²) in [6.07, 6.45) is 0.888. The third kappa shape index (κ3) is 3.96.